The van der Waals surface area contributed by atoms with Gasteiger partial charge in [0.1, 0.15) is 0 Å². The number of hydrogen-bond acceptors (Lipinski definition) is 3. The summed E-state index contributed by atoms with van der Waals surface area (Å²) in [4.78, 5) is 2.59. The Bertz CT molecular complexity index is 211. The Kier molecular flexibility index (Phi) is 7.20. The molecule has 3 N–H and O–H groups in total. The van der Waals surface area contributed by atoms with Crippen LogP contribution in [0.25, 0.3) is 0 Å². The molecular weight excluding hydrogens is 224 g/mol. The van der Waals surface area contributed by atoms with Gasteiger partial charge in [0.15, 0.2) is 0 Å². The zero-order valence-corrected chi connectivity index (χ0v) is 12.3. The van der Waals surface area contributed by atoms with E-state index in [1.54, 1.807) is 0 Å². The zero-order chi connectivity index (χ0) is 13.4. The minimum Gasteiger partial charge on any atom is -0.389 e. The molecule has 0 amide bonds. The lowest BCUT2D eigenvalue weighted by atomic mass is 9.92. The van der Waals surface area contributed by atoms with Crippen LogP contribution in [0.3, 0.4) is 0 Å². The second kappa shape index (κ2) is 8.13. The summed E-state index contributed by atoms with van der Waals surface area (Å²) in [6.45, 7) is 8.24. The van der Waals surface area contributed by atoms with Gasteiger partial charge in [0.05, 0.1) is 5.60 Å². The van der Waals surface area contributed by atoms with Crippen molar-refractivity contribution in [2.45, 2.75) is 64.4 Å². The number of nitrogens with two attached hydrogens (primary N) is 1. The number of nitrogens with zero attached hydrogens (tertiary/aromatic N) is 1. The molecule has 108 valence electrons. The number of likely N-dealkylation sites (tertiary alicyclic amines) is 1. The Morgan fingerprint density at radius 2 is 1.94 bits per heavy atom. The summed E-state index contributed by atoms with van der Waals surface area (Å²) >= 11 is 0. The smallest absolute Gasteiger partial charge is 0.0741 e. The van der Waals surface area contributed by atoms with E-state index in [-0.39, 0.29) is 0 Å². The van der Waals surface area contributed by atoms with Gasteiger partial charge in [-0.2, -0.15) is 0 Å². The van der Waals surface area contributed by atoms with Gasteiger partial charge in [-0.25, -0.2) is 0 Å². The predicted octanol–water partition coefficient (Wildman–Crippen LogP) is 2.38. The highest BCUT2D eigenvalue weighted by Gasteiger charge is 2.19. The molecule has 1 fully saturated rings. The van der Waals surface area contributed by atoms with Gasteiger partial charge >= 0.3 is 0 Å². The maximum absolute atomic E-state index is 9.82. The second-order valence-corrected chi connectivity index (χ2v) is 6.23. The molecule has 3 heteroatoms. The first kappa shape index (κ1) is 15.9. The zero-order valence-electron chi connectivity index (χ0n) is 12.3. The number of aliphatic hydroxyl groups is 1. The highest BCUT2D eigenvalue weighted by Crippen LogP contribution is 2.22. The Morgan fingerprint density at radius 1 is 1.28 bits per heavy atom. The highest BCUT2D eigenvalue weighted by atomic mass is 16.3. The third-order valence-electron chi connectivity index (χ3n) is 4.28. The van der Waals surface area contributed by atoms with Gasteiger partial charge in [-0.05, 0) is 64.6 Å². The van der Waals surface area contributed by atoms with E-state index < -0.39 is 5.60 Å². The average molecular weight is 256 g/mol. The molecule has 0 spiro atoms. The topological polar surface area (TPSA) is 49.5 Å². The van der Waals surface area contributed by atoms with Crippen LogP contribution in [0.5, 0.6) is 0 Å². The Morgan fingerprint density at radius 3 is 2.50 bits per heavy atom. The summed E-state index contributed by atoms with van der Waals surface area (Å²) < 4.78 is 0. The van der Waals surface area contributed by atoms with Crippen molar-refractivity contribution in [3.63, 3.8) is 0 Å². The van der Waals surface area contributed by atoms with Crippen molar-refractivity contribution in [2.75, 3.05) is 26.2 Å². The summed E-state index contributed by atoms with van der Waals surface area (Å²) in [6, 6.07) is 0. The third-order valence-corrected chi connectivity index (χ3v) is 4.28. The average Bonchev–Trinajstić information content (AvgIpc) is 2.37. The van der Waals surface area contributed by atoms with Crippen LogP contribution in [0.1, 0.15) is 58.8 Å². The monoisotopic (exact) mass is 256 g/mol. The van der Waals surface area contributed by atoms with Crippen LogP contribution in [-0.4, -0.2) is 41.8 Å². The molecule has 0 aromatic rings. The molecule has 1 atom stereocenters. The molecular formula is C15H32N2O. The second-order valence-electron chi connectivity index (χ2n) is 6.23. The van der Waals surface area contributed by atoms with Crippen LogP contribution < -0.4 is 5.73 Å². The first-order chi connectivity index (χ1) is 8.57. The summed E-state index contributed by atoms with van der Waals surface area (Å²) in [5, 5.41) is 9.82. The molecule has 1 unspecified atom stereocenters. The van der Waals surface area contributed by atoms with Crippen molar-refractivity contribution in [1.29, 1.82) is 0 Å². The Balaban J connectivity index is 2.04. The van der Waals surface area contributed by atoms with Gasteiger partial charge in [0, 0.05) is 6.54 Å². The van der Waals surface area contributed by atoms with Gasteiger partial charge in [-0.3, -0.25) is 0 Å². The van der Waals surface area contributed by atoms with E-state index in [0.29, 0.717) is 6.54 Å². The van der Waals surface area contributed by atoms with Crippen molar-refractivity contribution >= 4 is 0 Å². The molecule has 0 bridgehead atoms. The van der Waals surface area contributed by atoms with Crippen LogP contribution in [-0.2, 0) is 0 Å². The molecule has 0 aromatic carbocycles. The fourth-order valence-electron chi connectivity index (χ4n) is 2.85. The summed E-state index contributed by atoms with van der Waals surface area (Å²) in [5.41, 5.74) is 4.86. The molecule has 1 heterocycles. The van der Waals surface area contributed by atoms with Gasteiger partial charge in [0.25, 0.3) is 0 Å². The van der Waals surface area contributed by atoms with Crippen molar-refractivity contribution in [2.24, 2.45) is 11.7 Å². The molecule has 0 aromatic heterocycles. The summed E-state index contributed by atoms with van der Waals surface area (Å²) in [5.74, 6) is 0.976. The summed E-state index contributed by atoms with van der Waals surface area (Å²) in [6.07, 6.45) is 8.61. The van der Waals surface area contributed by atoms with Crippen LogP contribution in [0.2, 0.25) is 0 Å². The molecule has 3 nitrogen and oxygen atoms in total. The largest absolute Gasteiger partial charge is 0.389 e. The van der Waals surface area contributed by atoms with E-state index in [0.717, 1.165) is 18.8 Å². The minimum absolute atomic E-state index is 0.370. The van der Waals surface area contributed by atoms with Gasteiger partial charge in [-0.15, -0.1) is 0 Å². The maximum atomic E-state index is 9.82. The third kappa shape index (κ3) is 6.17. The first-order valence-electron chi connectivity index (χ1n) is 7.72. The molecule has 0 aliphatic carbocycles. The fraction of sp³-hybridized carbons (Fsp3) is 1.00. The number of unbranched alkanes of at least 4 members (excludes halogenated alkanes) is 1. The van der Waals surface area contributed by atoms with E-state index >= 15 is 0 Å². The van der Waals surface area contributed by atoms with Crippen LogP contribution in [0.15, 0.2) is 0 Å². The quantitative estimate of drug-likeness (QED) is 0.656. The fourth-order valence-corrected chi connectivity index (χ4v) is 2.85. The lowest BCUT2D eigenvalue weighted by molar-refractivity contribution is 0.0558. The van der Waals surface area contributed by atoms with Crippen molar-refractivity contribution in [3.05, 3.63) is 0 Å². The molecule has 1 rings (SSSR count). The Hall–Kier alpha value is -0.120. The van der Waals surface area contributed by atoms with E-state index in [2.05, 4.69) is 11.8 Å². The Labute approximate surface area is 113 Å². The first-order valence-corrected chi connectivity index (χ1v) is 7.72. The van der Waals surface area contributed by atoms with E-state index in [9.17, 15) is 5.11 Å². The molecule has 1 saturated heterocycles. The minimum atomic E-state index is -0.659. The number of hydrogen-bond donors (Lipinski definition) is 2. The molecule has 1 aliphatic heterocycles. The van der Waals surface area contributed by atoms with E-state index in [4.69, 9.17) is 5.73 Å². The lowest BCUT2D eigenvalue weighted by Crippen LogP contribution is -2.36. The van der Waals surface area contributed by atoms with Crippen molar-refractivity contribution in [3.8, 4) is 0 Å². The van der Waals surface area contributed by atoms with Crippen LogP contribution in [0.4, 0.5) is 0 Å². The normalized spacial score (nSPS) is 22.0. The van der Waals surface area contributed by atoms with Crippen molar-refractivity contribution < 1.29 is 5.11 Å². The van der Waals surface area contributed by atoms with Gasteiger partial charge in [0.2, 0.25) is 0 Å². The molecule has 0 saturated carbocycles. The predicted molar refractivity (Wildman–Crippen MR) is 77.6 cm³/mol. The molecule has 1 aliphatic rings. The summed E-state index contributed by atoms with van der Waals surface area (Å²) in [7, 11) is 0. The van der Waals surface area contributed by atoms with E-state index in [1.165, 1.54) is 51.7 Å². The van der Waals surface area contributed by atoms with Crippen molar-refractivity contribution in [1.82, 2.24) is 4.90 Å². The van der Waals surface area contributed by atoms with Crippen LogP contribution >= 0.6 is 0 Å². The molecule has 0 radical (unpaired) electrons. The van der Waals surface area contributed by atoms with Gasteiger partial charge < -0.3 is 15.7 Å². The lowest BCUT2D eigenvalue weighted by Gasteiger charge is -2.32. The van der Waals surface area contributed by atoms with Gasteiger partial charge in [-0.1, -0.05) is 19.8 Å². The maximum Gasteiger partial charge on any atom is 0.0741 e. The molecule has 18 heavy (non-hydrogen) atoms. The highest BCUT2D eigenvalue weighted by molar-refractivity contribution is 4.75. The number of rotatable bonds is 8. The van der Waals surface area contributed by atoms with Crippen LogP contribution in [0, 0.1) is 5.92 Å². The standard InChI is InChI=1S/C15H32N2O/c1-3-6-14-7-11-17(12-8-14)10-5-4-9-15(2,18)13-16/h14,18H,3-13,16H2,1-2H3. The van der Waals surface area contributed by atoms with E-state index in [1.807, 2.05) is 6.92 Å². The SMILES string of the molecule is CCCC1CCN(CCCCC(C)(O)CN)CC1. The number of piperidine rings is 1.